The second kappa shape index (κ2) is 7.08. The molecule has 2 nitrogen and oxygen atoms in total. The van der Waals surface area contributed by atoms with Crippen LogP contribution < -0.4 is 4.74 Å². The van der Waals surface area contributed by atoms with Gasteiger partial charge < -0.3 is 4.74 Å². The molecular weight excluding hydrogens is 318 g/mol. The summed E-state index contributed by atoms with van der Waals surface area (Å²) in [4.78, 5) is 2.76. The molecule has 1 heterocycles. The van der Waals surface area contributed by atoms with Crippen LogP contribution in [0.25, 0.3) is 11.1 Å². The van der Waals surface area contributed by atoms with E-state index in [0.717, 1.165) is 17.8 Å². The van der Waals surface area contributed by atoms with Crippen molar-refractivity contribution in [3.05, 3.63) is 52.6 Å². The molecule has 2 aliphatic rings. The number of ether oxygens (including phenoxy) is 1. The zero-order valence-electron chi connectivity index (χ0n) is 16.6. The zero-order chi connectivity index (χ0) is 18.3. The third kappa shape index (κ3) is 3.16. The monoisotopic (exact) mass is 349 g/mol. The largest absolute Gasteiger partial charge is 0.496 e. The van der Waals surface area contributed by atoms with Crippen LogP contribution >= 0.6 is 0 Å². The van der Waals surface area contributed by atoms with Crippen molar-refractivity contribution in [2.45, 2.75) is 65.0 Å². The van der Waals surface area contributed by atoms with Gasteiger partial charge in [-0.1, -0.05) is 18.2 Å². The molecule has 2 aromatic rings. The molecule has 2 atom stereocenters. The SMILES string of the molecule is COc1c(C)cc(-c2ccc3c(c2)CCC(N2CCCC2C)C3)cc1C. The van der Waals surface area contributed by atoms with Crippen molar-refractivity contribution >= 4 is 0 Å². The highest BCUT2D eigenvalue weighted by molar-refractivity contribution is 5.68. The summed E-state index contributed by atoms with van der Waals surface area (Å²) in [7, 11) is 1.76. The van der Waals surface area contributed by atoms with Gasteiger partial charge in [0.1, 0.15) is 5.75 Å². The normalized spacial score (nSPS) is 23.1. The lowest BCUT2D eigenvalue weighted by molar-refractivity contribution is 0.174. The fourth-order valence-electron chi connectivity index (χ4n) is 5.14. The van der Waals surface area contributed by atoms with Gasteiger partial charge in [-0.3, -0.25) is 4.90 Å². The van der Waals surface area contributed by atoms with E-state index >= 15 is 0 Å². The van der Waals surface area contributed by atoms with Gasteiger partial charge in [-0.2, -0.15) is 0 Å². The van der Waals surface area contributed by atoms with E-state index in [1.807, 2.05) is 0 Å². The number of hydrogen-bond donors (Lipinski definition) is 0. The molecule has 1 fully saturated rings. The van der Waals surface area contributed by atoms with Crippen LogP contribution in [-0.2, 0) is 12.8 Å². The lowest BCUT2D eigenvalue weighted by atomic mass is 9.85. The van der Waals surface area contributed by atoms with Crippen molar-refractivity contribution in [2.75, 3.05) is 13.7 Å². The second-order valence-corrected chi connectivity index (χ2v) is 8.25. The summed E-state index contributed by atoms with van der Waals surface area (Å²) in [6.07, 6.45) is 6.49. The van der Waals surface area contributed by atoms with Crippen molar-refractivity contribution in [2.24, 2.45) is 0 Å². The molecule has 2 heteroatoms. The van der Waals surface area contributed by atoms with Gasteiger partial charge in [-0.15, -0.1) is 0 Å². The minimum atomic E-state index is 0.747. The van der Waals surface area contributed by atoms with Crippen LogP contribution in [0.2, 0.25) is 0 Å². The van der Waals surface area contributed by atoms with E-state index in [-0.39, 0.29) is 0 Å². The van der Waals surface area contributed by atoms with Crippen molar-refractivity contribution in [1.29, 1.82) is 0 Å². The maximum atomic E-state index is 5.52. The smallest absolute Gasteiger partial charge is 0.124 e. The third-order valence-corrected chi connectivity index (χ3v) is 6.48. The summed E-state index contributed by atoms with van der Waals surface area (Å²) in [5, 5.41) is 0. The molecule has 2 aromatic carbocycles. The topological polar surface area (TPSA) is 12.5 Å². The highest BCUT2D eigenvalue weighted by atomic mass is 16.5. The van der Waals surface area contributed by atoms with Gasteiger partial charge in [-0.05, 0) is 105 Å². The Morgan fingerprint density at radius 2 is 1.73 bits per heavy atom. The van der Waals surface area contributed by atoms with Gasteiger partial charge in [0.25, 0.3) is 0 Å². The lowest BCUT2D eigenvalue weighted by Crippen LogP contribution is -2.41. The molecular formula is C24H31NO. The predicted molar refractivity (Wildman–Crippen MR) is 109 cm³/mol. The van der Waals surface area contributed by atoms with Gasteiger partial charge in [0.15, 0.2) is 0 Å². The van der Waals surface area contributed by atoms with Crippen molar-refractivity contribution in [1.82, 2.24) is 4.90 Å². The Labute approximate surface area is 158 Å². The molecule has 0 N–H and O–H groups in total. The molecule has 138 valence electrons. The van der Waals surface area contributed by atoms with Crippen LogP contribution in [0, 0.1) is 13.8 Å². The lowest BCUT2D eigenvalue weighted by Gasteiger charge is -2.35. The van der Waals surface area contributed by atoms with E-state index in [1.165, 1.54) is 60.9 Å². The first-order valence-corrected chi connectivity index (χ1v) is 10.1. The van der Waals surface area contributed by atoms with E-state index < -0.39 is 0 Å². The molecule has 1 aliphatic heterocycles. The summed E-state index contributed by atoms with van der Waals surface area (Å²) in [5.41, 5.74) is 8.18. The van der Waals surface area contributed by atoms with Gasteiger partial charge >= 0.3 is 0 Å². The average Bonchev–Trinajstić information content (AvgIpc) is 3.06. The zero-order valence-corrected chi connectivity index (χ0v) is 16.6. The van der Waals surface area contributed by atoms with E-state index in [1.54, 1.807) is 18.2 Å². The summed E-state index contributed by atoms with van der Waals surface area (Å²) >= 11 is 0. The van der Waals surface area contributed by atoms with Gasteiger partial charge in [0.2, 0.25) is 0 Å². The molecule has 0 radical (unpaired) electrons. The Morgan fingerprint density at radius 3 is 2.38 bits per heavy atom. The fourth-order valence-corrected chi connectivity index (χ4v) is 5.14. The number of benzene rings is 2. The molecule has 0 amide bonds. The number of methoxy groups -OCH3 is 1. The molecule has 2 unspecified atom stereocenters. The molecule has 1 aliphatic carbocycles. The van der Waals surface area contributed by atoms with Crippen LogP contribution in [0.3, 0.4) is 0 Å². The van der Waals surface area contributed by atoms with Crippen molar-refractivity contribution in [3.63, 3.8) is 0 Å². The summed E-state index contributed by atoms with van der Waals surface area (Å²) in [6, 6.07) is 13.2. The van der Waals surface area contributed by atoms with Crippen LogP contribution in [0.5, 0.6) is 5.75 Å². The van der Waals surface area contributed by atoms with Gasteiger partial charge in [-0.25, -0.2) is 0 Å². The van der Waals surface area contributed by atoms with Crippen LogP contribution in [0.4, 0.5) is 0 Å². The highest BCUT2D eigenvalue weighted by Gasteiger charge is 2.30. The van der Waals surface area contributed by atoms with E-state index in [2.05, 4.69) is 56.0 Å². The Hall–Kier alpha value is -1.80. The molecule has 4 rings (SSSR count). The molecule has 26 heavy (non-hydrogen) atoms. The van der Waals surface area contributed by atoms with Gasteiger partial charge in [0.05, 0.1) is 7.11 Å². The Morgan fingerprint density at radius 1 is 0.962 bits per heavy atom. The van der Waals surface area contributed by atoms with Crippen LogP contribution in [-0.4, -0.2) is 30.6 Å². The number of likely N-dealkylation sites (tertiary alicyclic amines) is 1. The number of hydrogen-bond acceptors (Lipinski definition) is 2. The minimum Gasteiger partial charge on any atom is -0.496 e. The maximum Gasteiger partial charge on any atom is 0.124 e. The molecule has 0 bridgehead atoms. The minimum absolute atomic E-state index is 0.747. The number of rotatable bonds is 3. The van der Waals surface area contributed by atoms with E-state index in [0.29, 0.717) is 0 Å². The molecule has 0 spiro atoms. The van der Waals surface area contributed by atoms with Crippen LogP contribution in [0.15, 0.2) is 30.3 Å². The van der Waals surface area contributed by atoms with Gasteiger partial charge in [0, 0.05) is 12.1 Å². The van der Waals surface area contributed by atoms with Crippen molar-refractivity contribution < 1.29 is 4.74 Å². The van der Waals surface area contributed by atoms with Crippen LogP contribution in [0.1, 0.15) is 48.4 Å². The standard InChI is InChI=1S/C24H31NO/c1-16-12-22(13-17(2)24(16)26-4)20-7-8-21-15-23(10-9-19(21)14-20)25-11-5-6-18(25)3/h7-8,12-14,18,23H,5-6,9-11,15H2,1-4H3. The molecule has 1 saturated heterocycles. The van der Waals surface area contributed by atoms with E-state index in [9.17, 15) is 0 Å². The Kier molecular flexibility index (Phi) is 4.79. The first-order chi connectivity index (χ1) is 12.6. The molecule has 0 saturated carbocycles. The fraction of sp³-hybridized carbons (Fsp3) is 0.500. The summed E-state index contributed by atoms with van der Waals surface area (Å²) in [6.45, 7) is 7.97. The number of aryl methyl sites for hydroxylation is 3. The number of nitrogens with zero attached hydrogens (tertiary/aromatic N) is 1. The Balaban J connectivity index is 1.59. The Bertz CT molecular complexity index is 787. The van der Waals surface area contributed by atoms with E-state index in [4.69, 9.17) is 4.74 Å². The summed E-state index contributed by atoms with van der Waals surface area (Å²) in [5.74, 6) is 1.01. The summed E-state index contributed by atoms with van der Waals surface area (Å²) < 4.78 is 5.52. The molecule has 0 aromatic heterocycles. The number of fused-ring (bicyclic) bond motifs is 1. The maximum absolute atomic E-state index is 5.52. The van der Waals surface area contributed by atoms with Crippen molar-refractivity contribution in [3.8, 4) is 16.9 Å². The second-order valence-electron chi connectivity index (χ2n) is 8.25. The first-order valence-electron chi connectivity index (χ1n) is 10.1. The third-order valence-electron chi connectivity index (χ3n) is 6.48. The predicted octanol–water partition coefficient (Wildman–Crippen LogP) is 5.32. The first kappa shape index (κ1) is 17.6. The average molecular weight is 350 g/mol. The highest BCUT2D eigenvalue weighted by Crippen LogP contribution is 2.34. The quantitative estimate of drug-likeness (QED) is 0.743.